The SMILES string of the molecule is O=C1CCc2cc(NCc3ccccc3O)ccc2N1. The molecule has 0 unspecified atom stereocenters. The fourth-order valence-electron chi connectivity index (χ4n) is 2.35. The molecule has 0 fully saturated rings. The number of aromatic hydroxyl groups is 1. The molecule has 0 saturated heterocycles. The van der Waals surface area contributed by atoms with E-state index in [1.165, 1.54) is 0 Å². The lowest BCUT2D eigenvalue weighted by atomic mass is 10.0. The Bertz CT molecular complexity index is 653. The molecule has 4 heteroatoms. The quantitative estimate of drug-likeness (QED) is 0.802. The van der Waals surface area contributed by atoms with Gasteiger partial charge in [-0.2, -0.15) is 0 Å². The molecule has 1 aliphatic rings. The minimum atomic E-state index is 0.0763. The van der Waals surface area contributed by atoms with Gasteiger partial charge >= 0.3 is 0 Å². The van der Waals surface area contributed by atoms with E-state index in [2.05, 4.69) is 16.7 Å². The normalized spacial score (nSPS) is 13.5. The number of carbonyl (C=O) groups excluding carboxylic acids is 1. The topological polar surface area (TPSA) is 61.4 Å². The molecular weight excluding hydrogens is 252 g/mol. The first-order chi connectivity index (χ1) is 9.72. The van der Waals surface area contributed by atoms with Gasteiger partial charge in [0.2, 0.25) is 5.91 Å². The second-order valence-corrected chi connectivity index (χ2v) is 4.90. The molecule has 1 aliphatic heterocycles. The van der Waals surface area contributed by atoms with Crippen molar-refractivity contribution < 1.29 is 9.90 Å². The minimum Gasteiger partial charge on any atom is -0.508 e. The molecule has 102 valence electrons. The Hall–Kier alpha value is -2.49. The van der Waals surface area contributed by atoms with Crippen LogP contribution in [0.5, 0.6) is 5.75 Å². The molecule has 0 radical (unpaired) electrons. The number of para-hydroxylation sites is 1. The molecule has 20 heavy (non-hydrogen) atoms. The van der Waals surface area contributed by atoms with E-state index in [9.17, 15) is 9.90 Å². The lowest BCUT2D eigenvalue weighted by molar-refractivity contribution is -0.116. The zero-order valence-electron chi connectivity index (χ0n) is 11.0. The van der Waals surface area contributed by atoms with Crippen LogP contribution in [0.25, 0.3) is 0 Å². The Morgan fingerprint density at radius 2 is 2.00 bits per heavy atom. The van der Waals surface area contributed by atoms with Gasteiger partial charge in [-0.25, -0.2) is 0 Å². The van der Waals surface area contributed by atoms with E-state index in [1.54, 1.807) is 12.1 Å². The highest BCUT2D eigenvalue weighted by Gasteiger charge is 2.14. The molecule has 2 aromatic carbocycles. The summed E-state index contributed by atoms with van der Waals surface area (Å²) in [5.74, 6) is 0.373. The molecular formula is C16H16N2O2. The van der Waals surface area contributed by atoms with Crippen molar-refractivity contribution >= 4 is 17.3 Å². The van der Waals surface area contributed by atoms with E-state index in [-0.39, 0.29) is 5.91 Å². The number of fused-ring (bicyclic) bond motifs is 1. The lowest BCUT2D eigenvalue weighted by Crippen LogP contribution is -2.18. The van der Waals surface area contributed by atoms with Gasteiger partial charge in [0.05, 0.1) is 0 Å². The van der Waals surface area contributed by atoms with Crippen molar-refractivity contribution in [3.63, 3.8) is 0 Å². The highest BCUT2D eigenvalue weighted by molar-refractivity contribution is 5.94. The van der Waals surface area contributed by atoms with Crippen LogP contribution in [-0.4, -0.2) is 11.0 Å². The number of benzene rings is 2. The molecule has 0 saturated carbocycles. The largest absolute Gasteiger partial charge is 0.508 e. The average molecular weight is 268 g/mol. The molecule has 1 heterocycles. The van der Waals surface area contributed by atoms with Crippen LogP contribution in [0.15, 0.2) is 42.5 Å². The monoisotopic (exact) mass is 268 g/mol. The minimum absolute atomic E-state index is 0.0763. The van der Waals surface area contributed by atoms with Crippen LogP contribution in [0.3, 0.4) is 0 Å². The van der Waals surface area contributed by atoms with Crippen LogP contribution in [0.1, 0.15) is 17.5 Å². The van der Waals surface area contributed by atoms with Gasteiger partial charge in [0, 0.05) is 29.9 Å². The second-order valence-electron chi connectivity index (χ2n) is 4.90. The second kappa shape index (κ2) is 5.25. The van der Waals surface area contributed by atoms with E-state index in [1.807, 2.05) is 24.3 Å². The van der Waals surface area contributed by atoms with Crippen LogP contribution < -0.4 is 10.6 Å². The third kappa shape index (κ3) is 2.59. The maximum Gasteiger partial charge on any atom is 0.224 e. The third-order valence-electron chi connectivity index (χ3n) is 3.48. The first kappa shape index (κ1) is 12.5. The van der Waals surface area contributed by atoms with Crippen LogP contribution in [0, 0.1) is 0 Å². The van der Waals surface area contributed by atoms with Gasteiger partial charge in [0.15, 0.2) is 0 Å². The number of anilines is 2. The lowest BCUT2D eigenvalue weighted by Gasteiger charge is -2.18. The smallest absolute Gasteiger partial charge is 0.224 e. The molecule has 4 nitrogen and oxygen atoms in total. The van der Waals surface area contributed by atoms with Crippen molar-refractivity contribution in [3.8, 4) is 5.75 Å². The zero-order valence-corrected chi connectivity index (χ0v) is 11.0. The van der Waals surface area contributed by atoms with Gasteiger partial charge in [0.1, 0.15) is 5.75 Å². The number of nitrogens with one attached hydrogen (secondary N) is 2. The van der Waals surface area contributed by atoms with Crippen molar-refractivity contribution in [2.45, 2.75) is 19.4 Å². The standard InChI is InChI=1S/C16H16N2O2/c19-15-4-2-1-3-12(15)10-17-13-6-7-14-11(9-13)5-8-16(20)18-14/h1-4,6-7,9,17,19H,5,8,10H2,(H,18,20). The van der Waals surface area contributed by atoms with Crippen LogP contribution >= 0.6 is 0 Å². The number of aryl methyl sites for hydroxylation is 1. The van der Waals surface area contributed by atoms with Gasteiger partial charge in [0.25, 0.3) is 0 Å². The molecule has 0 aromatic heterocycles. The maximum absolute atomic E-state index is 11.3. The third-order valence-corrected chi connectivity index (χ3v) is 3.48. The van der Waals surface area contributed by atoms with E-state index >= 15 is 0 Å². The molecule has 3 N–H and O–H groups in total. The highest BCUT2D eigenvalue weighted by atomic mass is 16.3. The van der Waals surface area contributed by atoms with E-state index < -0.39 is 0 Å². The Kier molecular flexibility index (Phi) is 3.29. The maximum atomic E-state index is 11.3. The van der Waals surface area contributed by atoms with Crippen LogP contribution in [-0.2, 0) is 17.8 Å². The summed E-state index contributed by atoms with van der Waals surface area (Å²) < 4.78 is 0. The molecule has 3 rings (SSSR count). The zero-order chi connectivity index (χ0) is 13.9. The number of carbonyl (C=O) groups is 1. The number of hydrogen-bond acceptors (Lipinski definition) is 3. The van der Waals surface area contributed by atoms with Crippen LogP contribution in [0.2, 0.25) is 0 Å². The van der Waals surface area contributed by atoms with Crippen molar-refractivity contribution in [3.05, 3.63) is 53.6 Å². The predicted octanol–water partition coefficient (Wildman–Crippen LogP) is 2.89. The van der Waals surface area contributed by atoms with Gasteiger partial charge < -0.3 is 15.7 Å². The Morgan fingerprint density at radius 3 is 2.85 bits per heavy atom. The first-order valence-corrected chi connectivity index (χ1v) is 6.66. The summed E-state index contributed by atoms with van der Waals surface area (Å²) in [7, 11) is 0. The van der Waals surface area contributed by atoms with Crippen molar-refractivity contribution in [1.82, 2.24) is 0 Å². The summed E-state index contributed by atoms with van der Waals surface area (Å²) >= 11 is 0. The molecule has 1 amide bonds. The highest BCUT2D eigenvalue weighted by Crippen LogP contribution is 2.26. The Labute approximate surface area is 117 Å². The van der Waals surface area contributed by atoms with Crippen LogP contribution in [0.4, 0.5) is 11.4 Å². The van der Waals surface area contributed by atoms with Crippen molar-refractivity contribution in [2.24, 2.45) is 0 Å². The Morgan fingerprint density at radius 1 is 1.15 bits per heavy atom. The Balaban J connectivity index is 1.73. The summed E-state index contributed by atoms with van der Waals surface area (Å²) in [5, 5.41) is 15.9. The van der Waals surface area contributed by atoms with E-state index in [0.717, 1.165) is 28.9 Å². The first-order valence-electron chi connectivity index (χ1n) is 6.66. The summed E-state index contributed by atoms with van der Waals surface area (Å²) in [6.07, 6.45) is 1.31. The molecule has 0 aliphatic carbocycles. The van der Waals surface area contributed by atoms with Gasteiger partial charge in [-0.05, 0) is 36.2 Å². The number of phenolic OH excluding ortho intramolecular Hbond substituents is 1. The number of rotatable bonds is 3. The average Bonchev–Trinajstić information content (AvgIpc) is 2.46. The molecule has 0 atom stereocenters. The van der Waals surface area contributed by atoms with Crippen molar-refractivity contribution in [2.75, 3.05) is 10.6 Å². The number of phenols is 1. The van der Waals surface area contributed by atoms with Gasteiger partial charge in [-0.3, -0.25) is 4.79 Å². The number of hydrogen-bond donors (Lipinski definition) is 3. The molecule has 2 aromatic rings. The fraction of sp³-hybridized carbons (Fsp3) is 0.188. The predicted molar refractivity (Wildman–Crippen MR) is 78.8 cm³/mol. The summed E-state index contributed by atoms with van der Waals surface area (Å²) in [4.78, 5) is 11.3. The summed E-state index contributed by atoms with van der Waals surface area (Å²) in [6, 6.07) is 13.2. The van der Waals surface area contributed by atoms with E-state index in [0.29, 0.717) is 18.7 Å². The summed E-state index contributed by atoms with van der Waals surface area (Å²) in [6.45, 7) is 0.567. The van der Waals surface area contributed by atoms with Gasteiger partial charge in [-0.15, -0.1) is 0 Å². The van der Waals surface area contributed by atoms with Crippen molar-refractivity contribution in [1.29, 1.82) is 0 Å². The number of amides is 1. The summed E-state index contributed by atoms with van der Waals surface area (Å²) in [5.41, 5.74) is 3.89. The van der Waals surface area contributed by atoms with E-state index in [4.69, 9.17) is 0 Å². The van der Waals surface area contributed by atoms with Gasteiger partial charge in [-0.1, -0.05) is 18.2 Å². The molecule has 0 spiro atoms. The molecule has 0 bridgehead atoms. The fourth-order valence-corrected chi connectivity index (χ4v) is 2.35.